The van der Waals surface area contributed by atoms with Gasteiger partial charge in [0.1, 0.15) is 7.05 Å². The van der Waals surface area contributed by atoms with E-state index in [0.29, 0.717) is 0 Å². The highest BCUT2D eigenvalue weighted by Gasteiger charge is 2.27. The second-order valence-electron chi connectivity index (χ2n) is 7.93. The molecule has 0 spiro atoms. The van der Waals surface area contributed by atoms with Gasteiger partial charge in [0.05, 0.1) is 0 Å². The predicted octanol–water partition coefficient (Wildman–Crippen LogP) is 0.695. The van der Waals surface area contributed by atoms with E-state index in [1.165, 1.54) is 33.6 Å². The van der Waals surface area contributed by atoms with E-state index in [0.717, 1.165) is 0 Å². The van der Waals surface area contributed by atoms with Crippen LogP contribution in [-0.4, -0.2) is 0 Å². The van der Waals surface area contributed by atoms with Crippen molar-refractivity contribution in [2.45, 2.75) is 33.1 Å². The molecule has 0 saturated heterocycles. The summed E-state index contributed by atoms with van der Waals surface area (Å²) in [5, 5.41) is 0. The summed E-state index contributed by atoms with van der Waals surface area (Å²) in [4.78, 5) is 0. The van der Waals surface area contributed by atoms with Gasteiger partial charge in [-0.2, -0.15) is 4.57 Å². The Morgan fingerprint density at radius 2 is 1.24 bits per heavy atom. The highest BCUT2D eigenvalue weighted by atomic mass is 35.7. The quantitative estimate of drug-likeness (QED) is 0.575. The number of aryl methyl sites for hydroxylation is 1. The van der Waals surface area contributed by atoms with Crippen LogP contribution in [0.3, 0.4) is 0 Å². The van der Waals surface area contributed by atoms with Crippen molar-refractivity contribution in [1.29, 1.82) is 0 Å². The fourth-order valence-electron chi connectivity index (χ4n) is 3.18. The van der Waals surface area contributed by atoms with Gasteiger partial charge < -0.3 is 0 Å². The smallest absolute Gasteiger partial charge is 0.213 e. The maximum Gasteiger partial charge on any atom is 0.213 e. The summed E-state index contributed by atoms with van der Waals surface area (Å²) >= 11 is 0. The van der Waals surface area contributed by atoms with Crippen LogP contribution >= 0.6 is 0 Å². The molecule has 0 radical (unpaired) electrons. The number of nitrogens with zero attached hydrogens (tertiary/aromatic N) is 1. The third kappa shape index (κ3) is 6.92. The lowest BCUT2D eigenvalue weighted by molar-refractivity contribution is -2.00. The Morgan fingerprint density at radius 3 is 1.72 bits per heavy atom. The first-order valence-corrected chi connectivity index (χ1v) is 10.4. The Morgan fingerprint density at radius 1 is 0.724 bits per heavy atom. The standard InChI is InChI=1S/C23H26N.ClHO4/c1-17-11-13-19(14-12-17)21-15-20(18-9-7-6-8-10-18)16-22(24(21)5)23(2,3)4;2-1(3,4)5/h6-16H,1-5H3;(H,2,3,4,5)/q+1;/p-1. The zero-order valence-electron chi connectivity index (χ0n) is 17.3. The number of hydrogen-bond acceptors (Lipinski definition) is 4. The molecule has 2 aromatic carbocycles. The topological polar surface area (TPSA) is 96.1 Å². The van der Waals surface area contributed by atoms with E-state index in [-0.39, 0.29) is 5.41 Å². The van der Waals surface area contributed by atoms with Crippen molar-refractivity contribution in [3.05, 3.63) is 78.0 Å². The molecule has 29 heavy (non-hydrogen) atoms. The van der Waals surface area contributed by atoms with Gasteiger partial charge in [-0.05, 0) is 30.2 Å². The van der Waals surface area contributed by atoms with Crippen LogP contribution in [0.25, 0.3) is 22.4 Å². The molecule has 1 heterocycles. The maximum absolute atomic E-state index is 8.49. The molecule has 0 amide bonds. The van der Waals surface area contributed by atoms with E-state index in [1.54, 1.807) is 0 Å². The molecule has 0 aliphatic heterocycles. The highest BCUT2D eigenvalue weighted by molar-refractivity contribution is 5.69. The molecule has 154 valence electrons. The van der Waals surface area contributed by atoms with Crippen LogP contribution in [-0.2, 0) is 12.5 Å². The molecule has 0 N–H and O–H groups in total. The molecule has 0 aliphatic rings. The molecular weight excluding hydrogens is 390 g/mol. The summed E-state index contributed by atoms with van der Waals surface area (Å²) in [7, 11) is -2.77. The molecule has 5 nitrogen and oxygen atoms in total. The average molecular weight is 416 g/mol. The SMILES string of the molecule is Cc1ccc(-c2cc(-c3ccccc3)cc(C(C)(C)C)[n+]2C)cc1.[O-][Cl+3]([O-])([O-])[O-]. The van der Waals surface area contributed by atoms with E-state index in [1.807, 2.05) is 0 Å². The molecule has 3 aromatic rings. The van der Waals surface area contributed by atoms with Gasteiger partial charge in [-0.15, -0.1) is 10.2 Å². The third-order valence-electron chi connectivity index (χ3n) is 4.53. The van der Waals surface area contributed by atoms with Gasteiger partial charge in [-0.3, -0.25) is 0 Å². The van der Waals surface area contributed by atoms with Crippen molar-refractivity contribution in [2.75, 3.05) is 0 Å². The first kappa shape index (κ1) is 23.0. The monoisotopic (exact) mass is 415 g/mol. The summed E-state index contributed by atoms with van der Waals surface area (Å²) in [6.45, 7) is 8.95. The predicted molar refractivity (Wildman–Crippen MR) is 102 cm³/mol. The lowest BCUT2D eigenvalue weighted by Crippen LogP contribution is -2.68. The van der Waals surface area contributed by atoms with Crippen molar-refractivity contribution in [3.63, 3.8) is 0 Å². The summed E-state index contributed by atoms with van der Waals surface area (Å²) in [5.74, 6) is 0. The van der Waals surface area contributed by atoms with E-state index in [9.17, 15) is 0 Å². The summed E-state index contributed by atoms with van der Waals surface area (Å²) in [5.41, 5.74) is 7.74. The van der Waals surface area contributed by atoms with Crippen molar-refractivity contribution in [3.8, 4) is 22.4 Å². The Hall–Kier alpha value is -2.28. The molecular formula is C23H26ClNO4. The van der Waals surface area contributed by atoms with Gasteiger partial charge in [0, 0.05) is 23.1 Å². The number of aromatic nitrogens is 1. The minimum absolute atomic E-state index is 0.0823. The van der Waals surface area contributed by atoms with E-state index < -0.39 is 10.2 Å². The summed E-state index contributed by atoms with van der Waals surface area (Å²) in [6, 6.07) is 24.1. The van der Waals surface area contributed by atoms with Crippen LogP contribution in [0.5, 0.6) is 0 Å². The molecule has 0 fully saturated rings. The number of hydrogen-bond donors (Lipinski definition) is 0. The van der Waals surface area contributed by atoms with Crippen molar-refractivity contribution < 1.29 is 33.4 Å². The average Bonchev–Trinajstić information content (AvgIpc) is 2.61. The molecule has 0 atom stereocenters. The molecule has 0 aliphatic carbocycles. The second-order valence-corrected chi connectivity index (χ2v) is 8.69. The Balaban J connectivity index is 0.000000537. The zero-order valence-corrected chi connectivity index (χ0v) is 18.1. The van der Waals surface area contributed by atoms with Crippen molar-refractivity contribution >= 4 is 0 Å². The lowest BCUT2D eigenvalue weighted by Gasteiger charge is -2.19. The Labute approximate surface area is 174 Å². The maximum atomic E-state index is 8.49. The molecule has 0 saturated carbocycles. The number of halogens is 1. The van der Waals surface area contributed by atoms with Crippen LogP contribution in [0.1, 0.15) is 32.0 Å². The lowest BCUT2D eigenvalue weighted by atomic mass is 9.88. The van der Waals surface area contributed by atoms with Crippen LogP contribution in [0.4, 0.5) is 0 Å². The summed E-state index contributed by atoms with van der Waals surface area (Å²) in [6.07, 6.45) is 0. The van der Waals surface area contributed by atoms with Crippen molar-refractivity contribution in [2.24, 2.45) is 7.05 Å². The van der Waals surface area contributed by atoms with Gasteiger partial charge in [0.2, 0.25) is 5.69 Å². The van der Waals surface area contributed by atoms with Gasteiger partial charge in [-0.25, -0.2) is 18.6 Å². The Bertz CT molecular complexity index is 938. The largest absolute Gasteiger partial charge is 0.222 e. The van der Waals surface area contributed by atoms with Gasteiger partial charge in [0.15, 0.2) is 5.69 Å². The number of benzene rings is 2. The molecule has 1 aromatic heterocycles. The molecule has 6 heteroatoms. The first-order valence-electron chi connectivity index (χ1n) is 9.15. The second kappa shape index (κ2) is 9.03. The van der Waals surface area contributed by atoms with E-state index in [4.69, 9.17) is 18.6 Å². The van der Waals surface area contributed by atoms with Gasteiger partial charge >= 0.3 is 0 Å². The zero-order chi connectivity index (χ0) is 21.8. The number of rotatable bonds is 2. The molecule has 0 bridgehead atoms. The van der Waals surface area contributed by atoms with Crippen LogP contribution in [0, 0.1) is 17.2 Å². The van der Waals surface area contributed by atoms with Crippen LogP contribution in [0.15, 0.2) is 66.7 Å². The molecule has 0 unspecified atom stereocenters. The van der Waals surface area contributed by atoms with Gasteiger partial charge in [0.25, 0.3) is 0 Å². The fourth-order valence-corrected chi connectivity index (χ4v) is 3.18. The normalized spacial score (nSPS) is 11.6. The Kier molecular flexibility index (Phi) is 7.16. The van der Waals surface area contributed by atoms with E-state index >= 15 is 0 Å². The summed E-state index contributed by atoms with van der Waals surface area (Å²) < 4.78 is 36.3. The van der Waals surface area contributed by atoms with Crippen LogP contribution in [0.2, 0.25) is 0 Å². The van der Waals surface area contributed by atoms with E-state index in [2.05, 4.69) is 106 Å². The van der Waals surface area contributed by atoms with Gasteiger partial charge in [-0.1, -0.05) is 68.8 Å². The minimum atomic E-state index is -4.94. The third-order valence-corrected chi connectivity index (χ3v) is 4.53. The minimum Gasteiger partial charge on any atom is -0.222 e. The fraction of sp³-hybridized carbons (Fsp3) is 0.261. The van der Waals surface area contributed by atoms with Crippen LogP contribution < -0.4 is 23.2 Å². The number of pyridine rings is 1. The first-order chi connectivity index (χ1) is 13.4. The highest BCUT2D eigenvalue weighted by Crippen LogP contribution is 2.29. The molecule has 3 rings (SSSR count). The van der Waals surface area contributed by atoms with Crippen molar-refractivity contribution in [1.82, 2.24) is 0 Å².